The molecule has 0 atom stereocenters. The van der Waals surface area contributed by atoms with Crippen LogP contribution in [0.1, 0.15) is 5.56 Å². The van der Waals surface area contributed by atoms with Crippen molar-refractivity contribution in [2.75, 3.05) is 14.2 Å². The third-order valence-corrected chi connectivity index (χ3v) is 2.49. The van der Waals surface area contributed by atoms with Crippen LogP contribution < -0.4 is 9.47 Å². The van der Waals surface area contributed by atoms with Gasteiger partial charge in [0.1, 0.15) is 5.82 Å². The summed E-state index contributed by atoms with van der Waals surface area (Å²) in [5.74, 6) is 0.163. The highest BCUT2D eigenvalue weighted by atomic mass is 79.9. The van der Waals surface area contributed by atoms with Gasteiger partial charge in [0, 0.05) is 5.56 Å². The molecule has 0 aliphatic heterocycles. The third-order valence-electron chi connectivity index (χ3n) is 1.90. The van der Waals surface area contributed by atoms with E-state index in [0.29, 0.717) is 10.2 Å². The largest absolute Gasteiger partial charge is 0.492 e. The molecular formula is C10H9BrFNO2. The van der Waals surface area contributed by atoms with Gasteiger partial charge in [-0.15, -0.1) is 0 Å². The first-order chi connectivity index (χ1) is 7.15. The van der Waals surface area contributed by atoms with Gasteiger partial charge in [-0.1, -0.05) is 0 Å². The molecule has 0 radical (unpaired) electrons. The Labute approximate surface area is 95.5 Å². The molecule has 15 heavy (non-hydrogen) atoms. The summed E-state index contributed by atoms with van der Waals surface area (Å²) in [7, 11) is 2.86. The highest BCUT2D eigenvalue weighted by Crippen LogP contribution is 2.39. The Morgan fingerprint density at radius 3 is 2.47 bits per heavy atom. The number of rotatable bonds is 3. The molecule has 0 amide bonds. The van der Waals surface area contributed by atoms with E-state index in [1.165, 1.54) is 20.3 Å². The fourth-order valence-electron chi connectivity index (χ4n) is 1.27. The predicted octanol–water partition coefficient (Wildman–Crippen LogP) is 2.67. The maximum absolute atomic E-state index is 13.5. The van der Waals surface area contributed by atoms with Gasteiger partial charge in [-0.25, -0.2) is 4.39 Å². The summed E-state index contributed by atoms with van der Waals surface area (Å²) in [6, 6.07) is 3.14. The van der Waals surface area contributed by atoms with Crippen molar-refractivity contribution in [3.8, 4) is 17.6 Å². The molecule has 0 N–H and O–H groups in total. The van der Waals surface area contributed by atoms with Crippen LogP contribution >= 0.6 is 15.9 Å². The SMILES string of the molecule is COc1c(Br)cc(F)c(CC#N)c1OC. The lowest BCUT2D eigenvalue weighted by atomic mass is 10.1. The number of halogens is 2. The van der Waals surface area contributed by atoms with Crippen LogP contribution in [0, 0.1) is 17.1 Å². The van der Waals surface area contributed by atoms with E-state index in [1.807, 2.05) is 6.07 Å². The number of hydrogen-bond acceptors (Lipinski definition) is 3. The summed E-state index contributed by atoms with van der Waals surface area (Å²) in [6.45, 7) is 0. The second kappa shape index (κ2) is 4.99. The first-order valence-corrected chi connectivity index (χ1v) is 4.90. The molecule has 0 saturated heterocycles. The number of nitrogens with zero attached hydrogens (tertiary/aromatic N) is 1. The summed E-state index contributed by atoms with van der Waals surface area (Å²) in [6.07, 6.45) is -0.0569. The minimum Gasteiger partial charge on any atom is -0.492 e. The molecule has 5 heteroatoms. The Kier molecular flexibility index (Phi) is 3.92. The van der Waals surface area contributed by atoms with E-state index in [0.717, 1.165) is 0 Å². The van der Waals surface area contributed by atoms with Gasteiger partial charge in [0.15, 0.2) is 11.5 Å². The normalized spacial score (nSPS) is 9.53. The monoisotopic (exact) mass is 273 g/mol. The second-order valence-corrected chi connectivity index (χ2v) is 3.57. The van der Waals surface area contributed by atoms with Gasteiger partial charge >= 0.3 is 0 Å². The van der Waals surface area contributed by atoms with Crippen LogP contribution in [0.25, 0.3) is 0 Å². The maximum atomic E-state index is 13.5. The fraction of sp³-hybridized carbons (Fsp3) is 0.300. The van der Waals surface area contributed by atoms with Gasteiger partial charge in [-0.3, -0.25) is 0 Å². The summed E-state index contributed by atoms with van der Waals surface area (Å²) in [5.41, 5.74) is 0.208. The van der Waals surface area contributed by atoms with Gasteiger partial charge in [0.25, 0.3) is 0 Å². The zero-order valence-corrected chi connectivity index (χ0v) is 9.89. The summed E-state index contributed by atoms with van der Waals surface area (Å²) < 4.78 is 24.0. The number of benzene rings is 1. The maximum Gasteiger partial charge on any atom is 0.175 e. The van der Waals surface area contributed by atoms with E-state index in [4.69, 9.17) is 14.7 Å². The summed E-state index contributed by atoms with van der Waals surface area (Å²) in [5, 5.41) is 8.57. The lowest BCUT2D eigenvalue weighted by molar-refractivity contribution is 0.347. The molecular weight excluding hydrogens is 265 g/mol. The van der Waals surface area contributed by atoms with E-state index < -0.39 is 5.82 Å². The van der Waals surface area contributed by atoms with Crippen LogP contribution in [0.2, 0.25) is 0 Å². The predicted molar refractivity (Wildman–Crippen MR) is 56.5 cm³/mol. The van der Waals surface area contributed by atoms with Crippen LogP contribution in [-0.2, 0) is 6.42 Å². The van der Waals surface area contributed by atoms with E-state index in [9.17, 15) is 4.39 Å². The van der Waals surface area contributed by atoms with Crippen molar-refractivity contribution in [2.24, 2.45) is 0 Å². The standard InChI is InChI=1S/C10H9BrFNO2/c1-14-9-6(3-4-13)8(12)5-7(11)10(9)15-2/h5H,3H2,1-2H3. The molecule has 0 aromatic heterocycles. The summed E-state index contributed by atoms with van der Waals surface area (Å²) >= 11 is 3.16. The van der Waals surface area contributed by atoms with E-state index in [2.05, 4.69) is 15.9 Å². The average Bonchev–Trinajstić information content (AvgIpc) is 2.21. The Balaban J connectivity index is 3.43. The van der Waals surface area contributed by atoms with Crippen LogP contribution in [0.3, 0.4) is 0 Å². The first kappa shape index (κ1) is 11.8. The molecule has 0 aliphatic rings. The van der Waals surface area contributed by atoms with E-state index in [1.54, 1.807) is 0 Å². The molecule has 0 spiro atoms. The Bertz CT molecular complexity index is 415. The molecule has 0 unspecified atom stereocenters. The highest BCUT2D eigenvalue weighted by molar-refractivity contribution is 9.10. The molecule has 80 valence electrons. The number of methoxy groups -OCH3 is 2. The minimum atomic E-state index is -0.485. The van der Waals surface area contributed by atoms with Gasteiger partial charge in [0.05, 0.1) is 31.2 Å². The van der Waals surface area contributed by atoms with Crippen molar-refractivity contribution in [1.82, 2.24) is 0 Å². The molecule has 0 bridgehead atoms. The van der Waals surface area contributed by atoms with E-state index in [-0.39, 0.29) is 17.7 Å². The number of nitriles is 1. The molecule has 3 nitrogen and oxygen atoms in total. The fourth-order valence-corrected chi connectivity index (χ4v) is 1.81. The molecule has 1 aromatic carbocycles. The van der Waals surface area contributed by atoms with Gasteiger partial charge in [-0.05, 0) is 22.0 Å². The Hall–Kier alpha value is -1.28. The zero-order chi connectivity index (χ0) is 11.4. The lowest BCUT2D eigenvalue weighted by Gasteiger charge is -2.13. The lowest BCUT2D eigenvalue weighted by Crippen LogP contribution is -1.99. The molecule has 0 heterocycles. The zero-order valence-electron chi connectivity index (χ0n) is 8.30. The first-order valence-electron chi connectivity index (χ1n) is 4.11. The van der Waals surface area contributed by atoms with Crippen LogP contribution in [0.5, 0.6) is 11.5 Å². The van der Waals surface area contributed by atoms with E-state index >= 15 is 0 Å². The average molecular weight is 274 g/mol. The Morgan fingerprint density at radius 2 is 2.00 bits per heavy atom. The topological polar surface area (TPSA) is 42.2 Å². The highest BCUT2D eigenvalue weighted by Gasteiger charge is 2.18. The van der Waals surface area contributed by atoms with Crippen molar-refractivity contribution in [1.29, 1.82) is 5.26 Å². The van der Waals surface area contributed by atoms with Crippen molar-refractivity contribution in [3.63, 3.8) is 0 Å². The summed E-state index contributed by atoms with van der Waals surface area (Å²) in [4.78, 5) is 0. The quantitative estimate of drug-likeness (QED) is 0.851. The van der Waals surface area contributed by atoms with Crippen molar-refractivity contribution >= 4 is 15.9 Å². The Morgan fingerprint density at radius 1 is 1.40 bits per heavy atom. The van der Waals surface area contributed by atoms with Crippen LogP contribution in [0.15, 0.2) is 10.5 Å². The third kappa shape index (κ3) is 2.21. The number of ether oxygens (including phenoxy) is 2. The minimum absolute atomic E-state index is 0.0569. The smallest absolute Gasteiger partial charge is 0.175 e. The molecule has 0 saturated carbocycles. The molecule has 0 fully saturated rings. The number of hydrogen-bond donors (Lipinski definition) is 0. The molecule has 1 rings (SSSR count). The molecule has 0 aliphatic carbocycles. The van der Waals surface area contributed by atoms with Crippen molar-refractivity contribution in [2.45, 2.75) is 6.42 Å². The van der Waals surface area contributed by atoms with Gasteiger partial charge < -0.3 is 9.47 Å². The molecule has 1 aromatic rings. The van der Waals surface area contributed by atoms with Crippen LogP contribution in [0.4, 0.5) is 4.39 Å². The van der Waals surface area contributed by atoms with Gasteiger partial charge in [-0.2, -0.15) is 5.26 Å². The van der Waals surface area contributed by atoms with Crippen LogP contribution in [-0.4, -0.2) is 14.2 Å². The second-order valence-electron chi connectivity index (χ2n) is 2.72. The van der Waals surface area contributed by atoms with Crippen molar-refractivity contribution < 1.29 is 13.9 Å². The van der Waals surface area contributed by atoms with Crippen molar-refractivity contribution in [3.05, 3.63) is 21.9 Å². The van der Waals surface area contributed by atoms with Gasteiger partial charge in [0.2, 0.25) is 0 Å².